The van der Waals surface area contributed by atoms with Gasteiger partial charge in [-0.3, -0.25) is 24.8 Å². The average molecular weight is 580 g/mol. The first-order valence-electron chi connectivity index (χ1n) is 13.9. The molecule has 0 aliphatic carbocycles. The molecule has 1 amide bonds. The first-order valence-corrected chi connectivity index (χ1v) is 13.9. The SMILES string of the molecule is CCCC(=O)Nc1cncc(-c2cc3c(-c4nc5c(-c6cc(F)cc(OCCN(C)C)c6)nccc5[nH]4)n[nH]c3cn2)c1. The van der Waals surface area contributed by atoms with Gasteiger partial charge < -0.3 is 19.9 Å². The highest BCUT2D eigenvalue weighted by molar-refractivity contribution is 5.97. The fraction of sp³-hybridized carbons (Fsp3) is 0.226. The smallest absolute Gasteiger partial charge is 0.224 e. The Labute approximate surface area is 246 Å². The third kappa shape index (κ3) is 6.04. The standard InChI is InChI=1S/C31H30FN9O2/c1-4-5-27(42)36-21-11-19(15-33-16-21)25-14-23-26(17-35-25)39-40-29(23)31-37-24-6-7-34-28(30(24)38-31)18-10-20(32)13-22(12-18)43-9-8-41(2)3/h6-7,10-17H,4-5,8-9H2,1-3H3,(H,36,42)(H,37,38)(H,39,40). The maximum Gasteiger partial charge on any atom is 0.224 e. The lowest BCUT2D eigenvalue weighted by atomic mass is 10.1. The summed E-state index contributed by atoms with van der Waals surface area (Å²) < 4.78 is 20.4. The van der Waals surface area contributed by atoms with Crippen LogP contribution in [0.25, 0.3) is 56.0 Å². The van der Waals surface area contributed by atoms with Gasteiger partial charge in [-0.1, -0.05) is 6.92 Å². The van der Waals surface area contributed by atoms with Gasteiger partial charge >= 0.3 is 0 Å². The Morgan fingerprint density at radius 3 is 2.74 bits per heavy atom. The Hall–Kier alpha value is -5.23. The maximum absolute atomic E-state index is 14.6. The molecule has 1 aromatic carbocycles. The predicted molar refractivity (Wildman–Crippen MR) is 163 cm³/mol. The van der Waals surface area contributed by atoms with Crippen LogP contribution in [0.5, 0.6) is 5.75 Å². The van der Waals surface area contributed by atoms with Crippen LogP contribution in [0.2, 0.25) is 0 Å². The van der Waals surface area contributed by atoms with Crippen molar-refractivity contribution in [1.29, 1.82) is 0 Å². The summed E-state index contributed by atoms with van der Waals surface area (Å²) in [5.41, 5.74) is 5.70. The van der Waals surface area contributed by atoms with Crippen molar-refractivity contribution in [1.82, 2.24) is 40.0 Å². The number of carbonyl (C=O) groups excluding carboxylic acids is 1. The van der Waals surface area contributed by atoms with E-state index in [-0.39, 0.29) is 5.91 Å². The van der Waals surface area contributed by atoms with Crippen molar-refractivity contribution >= 4 is 33.5 Å². The molecule has 0 unspecified atom stereocenters. The van der Waals surface area contributed by atoms with Gasteiger partial charge in [0.1, 0.15) is 29.4 Å². The molecule has 0 saturated carbocycles. The van der Waals surface area contributed by atoms with Gasteiger partial charge in [0.05, 0.1) is 40.5 Å². The molecule has 0 saturated heterocycles. The summed E-state index contributed by atoms with van der Waals surface area (Å²) in [5.74, 6) is 0.458. The number of hydrogen-bond acceptors (Lipinski definition) is 8. The molecule has 0 aliphatic heterocycles. The van der Waals surface area contributed by atoms with Crippen molar-refractivity contribution in [3.05, 3.63) is 67.0 Å². The molecule has 5 heterocycles. The molecule has 0 spiro atoms. The number of aromatic nitrogens is 7. The number of nitrogens with one attached hydrogen (secondary N) is 3. The Balaban J connectivity index is 1.35. The molecule has 43 heavy (non-hydrogen) atoms. The Kier molecular flexibility index (Phi) is 7.75. The van der Waals surface area contributed by atoms with Gasteiger partial charge in [0, 0.05) is 47.9 Å². The van der Waals surface area contributed by atoms with Crippen LogP contribution in [0.3, 0.4) is 0 Å². The van der Waals surface area contributed by atoms with E-state index in [0.717, 1.165) is 28.4 Å². The molecule has 0 fully saturated rings. The van der Waals surface area contributed by atoms with Crippen LogP contribution in [0, 0.1) is 5.82 Å². The van der Waals surface area contributed by atoms with Crippen LogP contribution < -0.4 is 10.1 Å². The molecule has 3 N–H and O–H groups in total. The Morgan fingerprint density at radius 2 is 1.91 bits per heavy atom. The molecule has 0 radical (unpaired) electrons. The van der Waals surface area contributed by atoms with E-state index in [0.29, 0.717) is 65.0 Å². The van der Waals surface area contributed by atoms with Gasteiger partial charge in [0.2, 0.25) is 5.91 Å². The lowest BCUT2D eigenvalue weighted by Gasteiger charge is -2.12. The van der Waals surface area contributed by atoms with E-state index in [2.05, 4.69) is 35.5 Å². The van der Waals surface area contributed by atoms with E-state index < -0.39 is 5.82 Å². The summed E-state index contributed by atoms with van der Waals surface area (Å²) in [6.45, 7) is 3.09. The number of ether oxygens (including phenoxy) is 1. The van der Waals surface area contributed by atoms with Gasteiger partial charge in [-0.25, -0.2) is 9.37 Å². The number of H-pyrrole nitrogens is 2. The molecular weight excluding hydrogens is 549 g/mol. The lowest BCUT2D eigenvalue weighted by Crippen LogP contribution is -2.19. The van der Waals surface area contributed by atoms with Gasteiger partial charge in [0.15, 0.2) is 5.82 Å². The highest BCUT2D eigenvalue weighted by atomic mass is 19.1. The van der Waals surface area contributed by atoms with Crippen LogP contribution >= 0.6 is 0 Å². The zero-order valence-corrected chi connectivity index (χ0v) is 24.0. The minimum absolute atomic E-state index is 0.0629. The molecule has 218 valence electrons. The molecule has 0 bridgehead atoms. The van der Waals surface area contributed by atoms with Crippen molar-refractivity contribution < 1.29 is 13.9 Å². The van der Waals surface area contributed by atoms with Crippen LogP contribution in [0.15, 0.2) is 61.2 Å². The molecular formula is C31H30FN9O2. The minimum atomic E-state index is -0.422. The molecule has 5 aromatic heterocycles. The number of anilines is 1. The third-order valence-electron chi connectivity index (χ3n) is 6.82. The number of halogens is 1. The highest BCUT2D eigenvalue weighted by Crippen LogP contribution is 2.33. The fourth-order valence-corrected chi connectivity index (χ4v) is 4.74. The molecule has 0 aliphatic rings. The van der Waals surface area contributed by atoms with Gasteiger partial charge in [-0.15, -0.1) is 0 Å². The monoisotopic (exact) mass is 579 g/mol. The minimum Gasteiger partial charge on any atom is -0.492 e. The molecule has 12 heteroatoms. The second-order valence-electron chi connectivity index (χ2n) is 10.4. The van der Waals surface area contributed by atoms with E-state index in [9.17, 15) is 9.18 Å². The highest BCUT2D eigenvalue weighted by Gasteiger charge is 2.18. The number of imidazole rings is 1. The normalized spacial score (nSPS) is 11.5. The number of fused-ring (bicyclic) bond motifs is 2. The quantitative estimate of drug-likeness (QED) is 0.195. The number of aromatic amines is 2. The topological polar surface area (TPSA) is 138 Å². The number of carbonyl (C=O) groups is 1. The number of benzene rings is 1. The zero-order valence-electron chi connectivity index (χ0n) is 24.0. The average Bonchev–Trinajstić information content (AvgIpc) is 3.60. The summed E-state index contributed by atoms with van der Waals surface area (Å²) in [6, 6.07) is 10.1. The van der Waals surface area contributed by atoms with Crippen molar-refractivity contribution in [2.75, 3.05) is 32.6 Å². The van der Waals surface area contributed by atoms with Crippen LogP contribution in [-0.4, -0.2) is 73.2 Å². The van der Waals surface area contributed by atoms with Crippen LogP contribution in [0.1, 0.15) is 19.8 Å². The second-order valence-corrected chi connectivity index (χ2v) is 10.4. The Bertz CT molecular complexity index is 1930. The van der Waals surface area contributed by atoms with Gasteiger partial charge in [0.25, 0.3) is 0 Å². The van der Waals surface area contributed by atoms with E-state index in [1.165, 1.54) is 12.1 Å². The van der Waals surface area contributed by atoms with Crippen molar-refractivity contribution in [3.8, 4) is 39.8 Å². The van der Waals surface area contributed by atoms with E-state index in [4.69, 9.17) is 9.72 Å². The predicted octanol–water partition coefficient (Wildman–Crippen LogP) is 5.44. The summed E-state index contributed by atoms with van der Waals surface area (Å²) in [5, 5.41) is 11.2. The third-order valence-corrected chi connectivity index (χ3v) is 6.82. The number of nitrogens with zero attached hydrogens (tertiary/aromatic N) is 6. The van der Waals surface area contributed by atoms with Crippen molar-refractivity contribution in [2.24, 2.45) is 0 Å². The first-order chi connectivity index (χ1) is 20.9. The number of likely N-dealkylation sites (N-methyl/N-ethyl adjacent to an activating group) is 1. The summed E-state index contributed by atoms with van der Waals surface area (Å²) in [4.78, 5) is 35.6. The second kappa shape index (κ2) is 11.9. The van der Waals surface area contributed by atoms with Crippen LogP contribution in [-0.2, 0) is 4.79 Å². The summed E-state index contributed by atoms with van der Waals surface area (Å²) >= 11 is 0. The molecule has 11 nitrogen and oxygen atoms in total. The van der Waals surface area contributed by atoms with Gasteiger partial charge in [-0.05, 0) is 50.8 Å². The van der Waals surface area contributed by atoms with Gasteiger partial charge in [-0.2, -0.15) is 5.10 Å². The molecule has 6 aromatic rings. The number of pyridine rings is 3. The van der Waals surface area contributed by atoms with E-state index >= 15 is 0 Å². The summed E-state index contributed by atoms with van der Waals surface area (Å²) in [7, 11) is 3.90. The number of amides is 1. The van der Waals surface area contributed by atoms with Crippen molar-refractivity contribution in [3.63, 3.8) is 0 Å². The maximum atomic E-state index is 14.6. The summed E-state index contributed by atoms with van der Waals surface area (Å²) in [6.07, 6.45) is 7.85. The fourth-order valence-electron chi connectivity index (χ4n) is 4.74. The van der Waals surface area contributed by atoms with E-state index in [1.54, 1.807) is 30.9 Å². The van der Waals surface area contributed by atoms with E-state index in [1.807, 2.05) is 44.1 Å². The number of rotatable bonds is 10. The molecule has 6 rings (SSSR count). The van der Waals surface area contributed by atoms with Crippen LogP contribution in [0.4, 0.5) is 10.1 Å². The van der Waals surface area contributed by atoms with Crippen molar-refractivity contribution in [2.45, 2.75) is 19.8 Å². The first kappa shape index (κ1) is 27.9. The zero-order chi connectivity index (χ0) is 29.9. The largest absolute Gasteiger partial charge is 0.492 e. The molecule has 0 atom stereocenters. The Morgan fingerprint density at radius 1 is 1.02 bits per heavy atom. The number of hydrogen-bond donors (Lipinski definition) is 3. The lowest BCUT2D eigenvalue weighted by molar-refractivity contribution is -0.116.